The lowest BCUT2D eigenvalue weighted by Crippen LogP contribution is -2.46. The third-order valence-corrected chi connectivity index (χ3v) is 5.22. The largest absolute Gasteiger partial charge is 0.491 e. The zero-order valence-electron chi connectivity index (χ0n) is 17.1. The molecule has 1 N–H and O–H groups in total. The Morgan fingerprint density at radius 3 is 2.48 bits per heavy atom. The Hall–Kier alpha value is -2.60. The van der Waals surface area contributed by atoms with Crippen LogP contribution in [0.15, 0.2) is 48.5 Å². The number of anilines is 1. The van der Waals surface area contributed by atoms with E-state index >= 15 is 0 Å². The molecule has 1 saturated heterocycles. The van der Waals surface area contributed by atoms with Gasteiger partial charge in [0.25, 0.3) is 0 Å². The predicted octanol–water partition coefficient (Wildman–Crippen LogP) is 4.17. The van der Waals surface area contributed by atoms with Gasteiger partial charge < -0.3 is 14.7 Å². The summed E-state index contributed by atoms with van der Waals surface area (Å²) in [5.41, 5.74) is 1.60. The second kappa shape index (κ2) is 9.74. The summed E-state index contributed by atoms with van der Waals surface area (Å²) in [7, 11) is 0. The van der Waals surface area contributed by atoms with E-state index in [1.54, 1.807) is 12.1 Å². The van der Waals surface area contributed by atoms with E-state index in [9.17, 15) is 14.3 Å². The van der Waals surface area contributed by atoms with Crippen LogP contribution in [0.25, 0.3) is 0 Å². The SMILES string of the molecule is CC(C)Oc1ccccc1CN(CC(=O)O)C1CCN(c2ccccc2F)CC1. The molecule has 0 amide bonds. The summed E-state index contributed by atoms with van der Waals surface area (Å²) in [6, 6.07) is 14.7. The Morgan fingerprint density at radius 2 is 1.83 bits per heavy atom. The third kappa shape index (κ3) is 5.70. The molecule has 3 rings (SSSR count). The molecule has 0 aromatic heterocycles. The summed E-state index contributed by atoms with van der Waals surface area (Å²) in [5.74, 6) is -0.265. The van der Waals surface area contributed by atoms with Gasteiger partial charge in [-0.25, -0.2) is 4.39 Å². The van der Waals surface area contributed by atoms with Gasteiger partial charge in [0.05, 0.1) is 18.3 Å². The summed E-state index contributed by atoms with van der Waals surface area (Å²) >= 11 is 0. The van der Waals surface area contributed by atoms with Crippen LogP contribution in [0.5, 0.6) is 5.75 Å². The van der Waals surface area contributed by atoms with Crippen LogP contribution in [0.1, 0.15) is 32.3 Å². The summed E-state index contributed by atoms with van der Waals surface area (Å²) in [4.78, 5) is 15.5. The van der Waals surface area contributed by atoms with Gasteiger partial charge >= 0.3 is 5.97 Å². The first kappa shape index (κ1) is 21.1. The van der Waals surface area contributed by atoms with Crippen LogP contribution in [0.3, 0.4) is 0 Å². The van der Waals surface area contributed by atoms with E-state index < -0.39 is 5.97 Å². The first-order chi connectivity index (χ1) is 13.9. The van der Waals surface area contributed by atoms with Crippen molar-refractivity contribution in [3.63, 3.8) is 0 Å². The lowest BCUT2D eigenvalue weighted by molar-refractivity contribution is -0.139. The first-order valence-corrected chi connectivity index (χ1v) is 10.1. The first-order valence-electron chi connectivity index (χ1n) is 10.1. The van der Waals surface area contributed by atoms with Crippen LogP contribution in [0.4, 0.5) is 10.1 Å². The Bertz CT molecular complexity index is 819. The topological polar surface area (TPSA) is 53.0 Å². The molecule has 1 heterocycles. The maximum absolute atomic E-state index is 14.1. The molecular formula is C23H29FN2O3. The number of hydrogen-bond acceptors (Lipinski definition) is 4. The van der Waals surface area contributed by atoms with Crippen molar-refractivity contribution >= 4 is 11.7 Å². The van der Waals surface area contributed by atoms with Crippen molar-refractivity contribution in [1.82, 2.24) is 4.90 Å². The number of aliphatic carboxylic acids is 1. The lowest BCUT2D eigenvalue weighted by atomic mass is 10.0. The maximum atomic E-state index is 14.1. The highest BCUT2D eigenvalue weighted by Crippen LogP contribution is 2.27. The fourth-order valence-electron chi connectivity index (χ4n) is 3.89. The molecule has 156 valence electrons. The highest BCUT2D eigenvalue weighted by molar-refractivity contribution is 5.69. The van der Waals surface area contributed by atoms with E-state index in [0.717, 1.165) is 24.2 Å². The van der Waals surface area contributed by atoms with Gasteiger partial charge in [0.2, 0.25) is 0 Å². The van der Waals surface area contributed by atoms with Gasteiger partial charge in [-0.2, -0.15) is 0 Å². The summed E-state index contributed by atoms with van der Waals surface area (Å²) in [5, 5.41) is 9.44. The molecule has 2 aromatic carbocycles. The molecule has 0 unspecified atom stereocenters. The minimum Gasteiger partial charge on any atom is -0.491 e. The molecule has 0 radical (unpaired) electrons. The standard InChI is InChI=1S/C23H29FN2O3/c1-17(2)29-22-10-6-3-7-18(22)15-26(16-23(27)28)19-11-13-25(14-12-19)21-9-5-4-8-20(21)24/h3-10,17,19H,11-16H2,1-2H3,(H,27,28). The van der Waals surface area contributed by atoms with E-state index in [1.165, 1.54) is 6.07 Å². The normalized spacial score (nSPS) is 15.1. The fourth-order valence-corrected chi connectivity index (χ4v) is 3.89. The molecule has 6 heteroatoms. The summed E-state index contributed by atoms with van der Waals surface area (Å²) in [6.45, 7) is 5.84. The second-order valence-electron chi connectivity index (χ2n) is 7.74. The number of piperidine rings is 1. The molecular weight excluding hydrogens is 371 g/mol. The van der Waals surface area contributed by atoms with E-state index in [0.29, 0.717) is 25.3 Å². The number of rotatable bonds is 8. The minimum absolute atomic E-state index is 0.0274. The minimum atomic E-state index is -0.844. The summed E-state index contributed by atoms with van der Waals surface area (Å²) in [6.07, 6.45) is 1.62. The average molecular weight is 400 g/mol. The van der Waals surface area contributed by atoms with Crippen molar-refractivity contribution < 1.29 is 19.0 Å². The maximum Gasteiger partial charge on any atom is 0.317 e. The fraction of sp³-hybridized carbons (Fsp3) is 0.435. The number of hydrogen-bond donors (Lipinski definition) is 1. The number of carbonyl (C=O) groups is 1. The van der Waals surface area contributed by atoms with Crippen molar-refractivity contribution in [2.24, 2.45) is 0 Å². The van der Waals surface area contributed by atoms with Gasteiger partial charge in [-0.3, -0.25) is 9.69 Å². The van der Waals surface area contributed by atoms with Gasteiger partial charge in [-0.1, -0.05) is 30.3 Å². The van der Waals surface area contributed by atoms with Gasteiger partial charge in [0.1, 0.15) is 11.6 Å². The van der Waals surface area contributed by atoms with E-state index in [1.807, 2.05) is 54.0 Å². The summed E-state index contributed by atoms with van der Waals surface area (Å²) < 4.78 is 20.0. The molecule has 0 aliphatic carbocycles. The smallest absolute Gasteiger partial charge is 0.317 e. The van der Waals surface area contributed by atoms with Crippen molar-refractivity contribution in [2.75, 3.05) is 24.5 Å². The van der Waals surface area contributed by atoms with Gasteiger partial charge in [-0.05, 0) is 44.9 Å². The van der Waals surface area contributed by atoms with Crippen LogP contribution in [0, 0.1) is 5.82 Å². The molecule has 0 spiro atoms. The Balaban J connectivity index is 1.71. The zero-order chi connectivity index (χ0) is 20.8. The van der Waals surface area contributed by atoms with Crippen LogP contribution in [-0.2, 0) is 11.3 Å². The Labute approximate surface area is 171 Å². The second-order valence-corrected chi connectivity index (χ2v) is 7.74. The highest BCUT2D eigenvalue weighted by Gasteiger charge is 2.27. The molecule has 29 heavy (non-hydrogen) atoms. The van der Waals surface area contributed by atoms with E-state index in [-0.39, 0.29) is 24.5 Å². The monoisotopic (exact) mass is 400 g/mol. The van der Waals surface area contributed by atoms with Crippen molar-refractivity contribution in [3.8, 4) is 5.75 Å². The van der Waals surface area contributed by atoms with E-state index in [4.69, 9.17) is 4.74 Å². The number of nitrogens with zero attached hydrogens (tertiary/aromatic N) is 2. The molecule has 0 atom stereocenters. The quantitative estimate of drug-likeness (QED) is 0.721. The number of carboxylic acids is 1. The molecule has 1 aliphatic heterocycles. The molecule has 2 aromatic rings. The molecule has 0 bridgehead atoms. The van der Waals surface area contributed by atoms with Crippen molar-refractivity contribution in [3.05, 3.63) is 59.9 Å². The number of ether oxygens (including phenoxy) is 1. The number of benzene rings is 2. The average Bonchev–Trinajstić information content (AvgIpc) is 2.69. The van der Waals surface area contributed by atoms with Gasteiger partial charge in [-0.15, -0.1) is 0 Å². The number of halogens is 1. The van der Waals surface area contributed by atoms with Crippen molar-refractivity contribution in [2.45, 2.75) is 45.4 Å². The van der Waals surface area contributed by atoms with Crippen LogP contribution >= 0.6 is 0 Å². The Kier molecular flexibility index (Phi) is 7.09. The van der Waals surface area contributed by atoms with E-state index in [2.05, 4.69) is 0 Å². The van der Waals surface area contributed by atoms with Gasteiger partial charge in [0, 0.05) is 31.2 Å². The molecule has 1 aliphatic rings. The van der Waals surface area contributed by atoms with Crippen molar-refractivity contribution in [1.29, 1.82) is 0 Å². The van der Waals surface area contributed by atoms with Crippen LogP contribution < -0.4 is 9.64 Å². The number of para-hydroxylation sites is 2. The molecule has 1 fully saturated rings. The molecule has 5 nitrogen and oxygen atoms in total. The molecule has 0 saturated carbocycles. The number of carboxylic acid groups (broad SMARTS) is 1. The third-order valence-electron chi connectivity index (χ3n) is 5.22. The zero-order valence-corrected chi connectivity index (χ0v) is 17.1. The Morgan fingerprint density at radius 1 is 1.17 bits per heavy atom. The lowest BCUT2D eigenvalue weighted by Gasteiger charge is -2.39. The van der Waals surface area contributed by atoms with Crippen LogP contribution in [0.2, 0.25) is 0 Å². The van der Waals surface area contributed by atoms with Gasteiger partial charge in [0.15, 0.2) is 0 Å². The predicted molar refractivity (Wildman–Crippen MR) is 112 cm³/mol. The van der Waals surface area contributed by atoms with Crippen LogP contribution in [-0.4, -0.2) is 47.8 Å². The highest BCUT2D eigenvalue weighted by atomic mass is 19.1.